The van der Waals surface area contributed by atoms with E-state index in [1.165, 1.54) is 126 Å². The number of fused-ring (bicyclic) bond motifs is 1. The van der Waals surface area contributed by atoms with Crippen LogP contribution in [0.1, 0.15) is 115 Å². The minimum atomic E-state index is 0.500. The fraction of sp³-hybridized carbons (Fsp3) is 0.621. The molecule has 0 saturated heterocycles. The molecule has 5 heteroatoms. The van der Waals surface area contributed by atoms with Gasteiger partial charge in [0.05, 0.1) is 6.20 Å². The van der Waals surface area contributed by atoms with Gasteiger partial charge in [0.2, 0.25) is 0 Å². The minimum Gasteiger partial charge on any atom is -0.439 e. The van der Waals surface area contributed by atoms with Crippen LogP contribution in [-0.4, -0.2) is 4.98 Å². The van der Waals surface area contributed by atoms with Gasteiger partial charge in [-0.05, 0) is 29.0 Å². The second kappa shape index (κ2) is 19.9. The third-order valence-electron chi connectivity index (χ3n) is 6.36. The highest BCUT2D eigenvalue weighted by atomic mass is 32.2. The molecule has 190 valence electrons. The SMILES string of the molecule is CCCCCCCCCCCCCCCCCCc1scc2ccccc12.NSc1ncco1. The maximum absolute atomic E-state index is 5.05. The first-order chi connectivity index (χ1) is 16.8. The maximum atomic E-state index is 5.05. The largest absolute Gasteiger partial charge is 0.439 e. The molecule has 0 spiro atoms. The van der Waals surface area contributed by atoms with Crippen LogP contribution in [0, 0.1) is 0 Å². The molecule has 0 aliphatic carbocycles. The molecule has 0 aliphatic heterocycles. The second-order valence-electron chi connectivity index (χ2n) is 9.22. The Bertz CT molecular complexity index is 832. The topological polar surface area (TPSA) is 52.0 Å². The Hall–Kier alpha value is -1.30. The lowest BCUT2D eigenvalue weighted by atomic mass is 10.0. The van der Waals surface area contributed by atoms with Crippen LogP contribution in [0.15, 0.2) is 51.7 Å². The number of nitrogens with two attached hydrogens (primary N) is 1. The van der Waals surface area contributed by atoms with Gasteiger partial charge in [-0.1, -0.05) is 128 Å². The lowest BCUT2D eigenvalue weighted by Gasteiger charge is -2.04. The van der Waals surface area contributed by atoms with Gasteiger partial charge in [-0.2, -0.15) is 0 Å². The van der Waals surface area contributed by atoms with Crippen molar-refractivity contribution in [3.05, 3.63) is 47.0 Å². The van der Waals surface area contributed by atoms with Crippen molar-refractivity contribution in [3.8, 4) is 0 Å². The van der Waals surface area contributed by atoms with Crippen molar-refractivity contribution in [1.82, 2.24) is 4.98 Å². The highest BCUT2D eigenvalue weighted by Gasteiger charge is 2.03. The van der Waals surface area contributed by atoms with E-state index in [4.69, 9.17) is 9.56 Å². The molecule has 34 heavy (non-hydrogen) atoms. The molecule has 0 amide bonds. The molecule has 2 N–H and O–H groups in total. The van der Waals surface area contributed by atoms with E-state index in [9.17, 15) is 0 Å². The van der Waals surface area contributed by atoms with Crippen molar-refractivity contribution in [1.29, 1.82) is 0 Å². The molecule has 3 aromatic rings. The molecule has 2 heterocycles. The van der Waals surface area contributed by atoms with E-state index in [0.717, 1.165) is 11.9 Å². The molecule has 0 radical (unpaired) electrons. The molecule has 2 aromatic heterocycles. The van der Waals surface area contributed by atoms with E-state index in [2.05, 4.69) is 41.6 Å². The van der Waals surface area contributed by atoms with Crippen LogP contribution in [0.3, 0.4) is 0 Å². The van der Waals surface area contributed by atoms with E-state index in [-0.39, 0.29) is 0 Å². The zero-order valence-electron chi connectivity index (χ0n) is 21.3. The highest BCUT2D eigenvalue weighted by molar-refractivity contribution is 7.96. The molecule has 0 saturated carbocycles. The molecule has 3 rings (SSSR count). The quantitative estimate of drug-likeness (QED) is 0.139. The van der Waals surface area contributed by atoms with Gasteiger partial charge >= 0.3 is 0 Å². The summed E-state index contributed by atoms with van der Waals surface area (Å²) < 4.78 is 4.71. The van der Waals surface area contributed by atoms with Crippen molar-refractivity contribution >= 4 is 34.1 Å². The average molecular weight is 503 g/mol. The van der Waals surface area contributed by atoms with Gasteiger partial charge in [0, 0.05) is 16.8 Å². The van der Waals surface area contributed by atoms with E-state index < -0.39 is 0 Å². The van der Waals surface area contributed by atoms with Gasteiger partial charge in [0.1, 0.15) is 6.26 Å². The Morgan fingerprint density at radius 2 is 1.35 bits per heavy atom. The summed E-state index contributed by atoms with van der Waals surface area (Å²) in [5.41, 5.74) is 0. The Morgan fingerprint density at radius 3 is 1.85 bits per heavy atom. The highest BCUT2D eigenvalue weighted by Crippen LogP contribution is 2.27. The summed E-state index contributed by atoms with van der Waals surface area (Å²) in [6, 6.07) is 8.84. The fourth-order valence-electron chi connectivity index (χ4n) is 4.35. The van der Waals surface area contributed by atoms with Crippen LogP contribution in [0.5, 0.6) is 0 Å². The summed E-state index contributed by atoms with van der Waals surface area (Å²) in [5, 5.41) is 10.8. The first kappa shape index (κ1) is 28.9. The third-order valence-corrected chi connectivity index (χ3v) is 7.84. The van der Waals surface area contributed by atoms with Gasteiger partial charge in [0.15, 0.2) is 0 Å². The van der Waals surface area contributed by atoms with Gasteiger partial charge in [-0.3, -0.25) is 5.14 Å². The number of rotatable bonds is 18. The zero-order valence-corrected chi connectivity index (χ0v) is 22.9. The van der Waals surface area contributed by atoms with E-state index in [0.29, 0.717) is 5.22 Å². The molecule has 0 atom stereocenters. The first-order valence-electron chi connectivity index (χ1n) is 13.6. The monoisotopic (exact) mass is 502 g/mol. The number of hydrogen-bond donors (Lipinski definition) is 1. The summed E-state index contributed by atoms with van der Waals surface area (Å²) in [5.74, 6) is 0. The van der Waals surface area contributed by atoms with Gasteiger partial charge in [0.25, 0.3) is 5.22 Å². The molecular formula is C29H46N2OS2. The normalized spacial score (nSPS) is 11.0. The van der Waals surface area contributed by atoms with E-state index in [1.807, 2.05) is 11.3 Å². The summed E-state index contributed by atoms with van der Waals surface area (Å²) >= 11 is 2.95. The van der Waals surface area contributed by atoms with Crippen LogP contribution in [0.4, 0.5) is 0 Å². The van der Waals surface area contributed by atoms with E-state index >= 15 is 0 Å². The number of nitrogens with zero attached hydrogens (tertiary/aromatic N) is 1. The van der Waals surface area contributed by atoms with E-state index in [1.54, 1.807) is 11.1 Å². The van der Waals surface area contributed by atoms with Gasteiger partial charge in [-0.25, -0.2) is 4.98 Å². The predicted molar refractivity (Wildman–Crippen MR) is 152 cm³/mol. The summed E-state index contributed by atoms with van der Waals surface area (Å²) in [7, 11) is 0. The average Bonchev–Trinajstić information content (AvgIpc) is 3.54. The summed E-state index contributed by atoms with van der Waals surface area (Å²) in [6.07, 6.45) is 27.4. The number of thiophene rings is 1. The summed E-state index contributed by atoms with van der Waals surface area (Å²) in [6.45, 7) is 2.30. The molecule has 0 fully saturated rings. The maximum Gasteiger partial charge on any atom is 0.270 e. The number of hydrogen-bond acceptors (Lipinski definition) is 5. The molecule has 3 nitrogen and oxygen atoms in total. The smallest absolute Gasteiger partial charge is 0.270 e. The third kappa shape index (κ3) is 13.0. The van der Waals surface area contributed by atoms with Crippen LogP contribution < -0.4 is 5.14 Å². The Kier molecular flexibility index (Phi) is 17.0. The fourth-order valence-corrected chi connectivity index (χ4v) is 5.63. The molecule has 0 aliphatic rings. The van der Waals surface area contributed by atoms with Crippen molar-refractivity contribution in [2.75, 3.05) is 0 Å². The Labute approximate surface area is 216 Å². The number of benzene rings is 1. The minimum absolute atomic E-state index is 0.500. The zero-order chi connectivity index (χ0) is 24.1. The lowest BCUT2D eigenvalue weighted by molar-refractivity contribution is 0.454. The Balaban J connectivity index is 0.000000497. The van der Waals surface area contributed by atoms with Crippen LogP contribution in [0.2, 0.25) is 0 Å². The van der Waals surface area contributed by atoms with Crippen molar-refractivity contribution in [3.63, 3.8) is 0 Å². The molecule has 0 unspecified atom stereocenters. The van der Waals surface area contributed by atoms with Gasteiger partial charge < -0.3 is 4.42 Å². The lowest BCUT2D eigenvalue weighted by Crippen LogP contribution is -1.85. The van der Waals surface area contributed by atoms with Crippen LogP contribution in [-0.2, 0) is 6.42 Å². The predicted octanol–water partition coefficient (Wildman–Crippen LogP) is 10.3. The van der Waals surface area contributed by atoms with Crippen molar-refractivity contribution in [2.45, 2.75) is 121 Å². The Morgan fingerprint density at radius 1 is 0.794 bits per heavy atom. The standard InChI is InChI=1S/C26H42S.C3H4N2OS/c1-2-3-4-5-6-7-8-9-10-11-12-13-14-15-16-17-22-26-25-21-19-18-20-24(25)23-27-26;4-7-3-5-1-2-6-3/h18-21,23H,2-17,22H2,1H3;1-2H,4H2. The number of aryl methyl sites for hydroxylation is 1. The number of oxazole rings is 1. The van der Waals surface area contributed by atoms with Crippen molar-refractivity contribution in [2.24, 2.45) is 5.14 Å². The first-order valence-corrected chi connectivity index (χ1v) is 15.3. The number of aromatic nitrogens is 1. The second-order valence-corrected chi connectivity index (χ2v) is 10.8. The molecule has 0 bridgehead atoms. The molecule has 1 aromatic carbocycles. The van der Waals surface area contributed by atoms with Crippen LogP contribution in [0.25, 0.3) is 10.8 Å². The summed E-state index contributed by atoms with van der Waals surface area (Å²) in [4.78, 5) is 5.30. The number of unbranched alkanes of at least 4 members (excludes halogenated alkanes) is 15. The van der Waals surface area contributed by atoms with Crippen molar-refractivity contribution < 1.29 is 4.42 Å². The van der Waals surface area contributed by atoms with Crippen LogP contribution >= 0.6 is 23.3 Å². The molecular weight excluding hydrogens is 456 g/mol. The van der Waals surface area contributed by atoms with Gasteiger partial charge in [-0.15, -0.1) is 11.3 Å².